The minimum Gasteiger partial charge on any atom is -0.357 e. The van der Waals surface area contributed by atoms with Gasteiger partial charge in [0, 0.05) is 42.6 Å². The molecule has 1 aromatic carbocycles. The minimum atomic E-state index is -0.265. The van der Waals surface area contributed by atoms with Gasteiger partial charge in [0.05, 0.1) is 6.54 Å². The third kappa shape index (κ3) is 8.76. The van der Waals surface area contributed by atoms with Crippen molar-refractivity contribution in [3.63, 3.8) is 0 Å². The van der Waals surface area contributed by atoms with Gasteiger partial charge in [0.1, 0.15) is 5.82 Å². The van der Waals surface area contributed by atoms with Crippen molar-refractivity contribution in [2.24, 2.45) is 4.99 Å². The number of aliphatic imine (C=N–C) groups is 1. The number of amides is 1. The Kier molecular flexibility index (Phi) is 11.9. The number of hydrogen-bond acceptors (Lipinski definition) is 2. The van der Waals surface area contributed by atoms with Crippen LogP contribution in [0.3, 0.4) is 0 Å². The van der Waals surface area contributed by atoms with Gasteiger partial charge in [0.2, 0.25) is 5.91 Å². The average Bonchev–Trinajstić information content (AvgIpc) is 2.82. The van der Waals surface area contributed by atoms with Crippen LogP contribution in [0.4, 0.5) is 4.39 Å². The van der Waals surface area contributed by atoms with Gasteiger partial charge in [0.25, 0.3) is 0 Å². The van der Waals surface area contributed by atoms with E-state index in [2.05, 4.69) is 31.6 Å². The van der Waals surface area contributed by atoms with E-state index in [0.29, 0.717) is 17.9 Å². The molecule has 1 heterocycles. The summed E-state index contributed by atoms with van der Waals surface area (Å²) in [6.07, 6.45) is 4.79. The van der Waals surface area contributed by atoms with Crippen LogP contribution >= 0.6 is 39.9 Å². The van der Waals surface area contributed by atoms with Crippen molar-refractivity contribution in [3.8, 4) is 0 Å². The number of likely N-dealkylation sites (tertiary alicyclic amines) is 1. The molecular formula is C19H29BrFIN4O. The van der Waals surface area contributed by atoms with E-state index in [1.54, 1.807) is 6.07 Å². The van der Waals surface area contributed by atoms with Crippen LogP contribution in [0.1, 0.15) is 44.6 Å². The lowest BCUT2D eigenvalue weighted by Gasteiger charge is -2.20. The summed E-state index contributed by atoms with van der Waals surface area (Å²) in [6, 6.07) is 4.99. The van der Waals surface area contributed by atoms with Crippen molar-refractivity contribution in [1.82, 2.24) is 15.5 Å². The van der Waals surface area contributed by atoms with E-state index >= 15 is 0 Å². The lowest BCUT2D eigenvalue weighted by molar-refractivity contribution is -0.130. The molecule has 5 nitrogen and oxygen atoms in total. The maximum absolute atomic E-state index is 13.9. The largest absolute Gasteiger partial charge is 0.357 e. The van der Waals surface area contributed by atoms with Crippen LogP contribution in [0.5, 0.6) is 0 Å². The van der Waals surface area contributed by atoms with Crippen LogP contribution in [-0.2, 0) is 11.3 Å². The summed E-state index contributed by atoms with van der Waals surface area (Å²) in [7, 11) is 0. The summed E-state index contributed by atoms with van der Waals surface area (Å²) < 4.78 is 14.6. The molecule has 0 atom stereocenters. The van der Waals surface area contributed by atoms with E-state index < -0.39 is 0 Å². The van der Waals surface area contributed by atoms with Crippen molar-refractivity contribution >= 4 is 51.8 Å². The normalized spacial score (nSPS) is 15.1. The molecule has 27 heavy (non-hydrogen) atoms. The van der Waals surface area contributed by atoms with Crippen molar-refractivity contribution < 1.29 is 9.18 Å². The second kappa shape index (κ2) is 13.3. The first-order valence-electron chi connectivity index (χ1n) is 9.34. The summed E-state index contributed by atoms with van der Waals surface area (Å²) in [5.74, 6) is 0.671. The Morgan fingerprint density at radius 3 is 2.85 bits per heavy atom. The molecule has 8 heteroatoms. The zero-order chi connectivity index (χ0) is 18.8. The first-order valence-corrected chi connectivity index (χ1v) is 10.1. The fraction of sp³-hybridized carbons (Fsp3) is 0.579. The number of guanidine groups is 1. The highest BCUT2D eigenvalue weighted by Gasteiger charge is 2.15. The second-order valence-corrected chi connectivity index (χ2v) is 7.32. The highest BCUT2D eigenvalue weighted by Crippen LogP contribution is 2.16. The Balaban J connectivity index is 0.00000364. The molecule has 2 rings (SSSR count). The minimum absolute atomic E-state index is 0. The van der Waals surface area contributed by atoms with Gasteiger partial charge in [0.15, 0.2) is 5.96 Å². The summed E-state index contributed by atoms with van der Waals surface area (Å²) in [4.78, 5) is 18.4. The van der Waals surface area contributed by atoms with Crippen LogP contribution in [0.2, 0.25) is 0 Å². The number of hydrogen-bond donors (Lipinski definition) is 2. The molecule has 1 aliphatic rings. The van der Waals surface area contributed by atoms with Gasteiger partial charge in [-0.15, -0.1) is 24.0 Å². The molecule has 1 amide bonds. The Morgan fingerprint density at radius 1 is 1.30 bits per heavy atom. The van der Waals surface area contributed by atoms with E-state index in [1.165, 1.54) is 6.07 Å². The monoisotopic (exact) mass is 554 g/mol. The fourth-order valence-corrected chi connectivity index (χ4v) is 3.24. The smallest absolute Gasteiger partial charge is 0.222 e. The third-order valence-electron chi connectivity index (χ3n) is 4.34. The van der Waals surface area contributed by atoms with Crippen LogP contribution in [0.25, 0.3) is 0 Å². The predicted molar refractivity (Wildman–Crippen MR) is 122 cm³/mol. The number of nitrogens with zero attached hydrogens (tertiary/aromatic N) is 2. The molecular weight excluding hydrogens is 526 g/mol. The molecule has 1 aliphatic heterocycles. The van der Waals surface area contributed by atoms with E-state index in [9.17, 15) is 9.18 Å². The first kappa shape index (κ1) is 24.1. The molecule has 0 radical (unpaired) electrons. The lowest BCUT2D eigenvalue weighted by atomic mass is 10.2. The van der Waals surface area contributed by atoms with Crippen LogP contribution in [0.15, 0.2) is 27.7 Å². The Bertz CT molecular complexity index is 630. The molecule has 1 fully saturated rings. The molecule has 152 valence electrons. The number of rotatable bonds is 7. The SMILES string of the molecule is CCNC(=NCc1ccc(Br)cc1F)NCCCN1CCCCCC1=O.I. The van der Waals surface area contributed by atoms with E-state index in [1.807, 2.05) is 17.9 Å². The number of carbonyl (C=O) groups is 1. The number of nitrogens with one attached hydrogen (secondary N) is 2. The fourth-order valence-electron chi connectivity index (χ4n) is 2.91. The number of halogens is 3. The predicted octanol–water partition coefficient (Wildman–Crippen LogP) is 4.05. The summed E-state index contributed by atoms with van der Waals surface area (Å²) in [6.45, 7) is 5.37. The van der Waals surface area contributed by atoms with Crippen molar-refractivity contribution in [2.45, 2.75) is 45.6 Å². The quantitative estimate of drug-likeness (QED) is 0.231. The molecule has 0 unspecified atom stereocenters. The van der Waals surface area contributed by atoms with Crippen molar-refractivity contribution in [1.29, 1.82) is 0 Å². The zero-order valence-corrected chi connectivity index (χ0v) is 19.7. The van der Waals surface area contributed by atoms with Gasteiger partial charge in [-0.2, -0.15) is 0 Å². The first-order chi connectivity index (χ1) is 12.6. The van der Waals surface area contributed by atoms with E-state index in [0.717, 1.165) is 56.3 Å². The molecule has 1 saturated heterocycles. The summed E-state index contributed by atoms with van der Waals surface area (Å²) in [5.41, 5.74) is 0.556. The zero-order valence-electron chi connectivity index (χ0n) is 15.8. The summed E-state index contributed by atoms with van der Waals surface area (Å²) >= 11 is 3.26. The molecule has 0 saturated carbocycles. The summed E-state index contributed by atoms with van der Waals surface area (Å²) in [5, 5.41) is 6.43. The van der Waals surface area contributed by atoms with Crippen molar-refractivity contribution in [2.75, 3.05) is 26.2 Å². The van der Waals surface area contributed by atoms with Gasteiger partial charge >= 0.3 is 0 Å². The third-order valence-corrected chi connectivity index (χ3v) is 4.83. The molecule has 2 N–H and O–H groups in total. The molecule has 0 aliphatic carbocycles. The maximum atomic E-state index is 13.9. The van der Waals surface area contributed by atoms with Gasteiger partial charge in [-0.3, -0.25) is 4.79 Å². The van der Waals surface area contributed by atoms with Crippen molar-refractivity contribution in [3.05, 3.63) is 34.1 Å². The second-order valence-electron chi connectivity index (χ2n) is 6.40. The van der Waals surface area contributed by atoms with Gasteiger partial charge < -0.3 is 15.5 Å². The van der Waals surface area contributed by atoms with Gasteiger partial charge in [-0.1, -0.05) is 28.4 Å². The molecule has 1 aromatic rings. The Morgan fingerprint density at radius 2 is 2.11 bits per heavy atom. The highest BCUT2D eigenvalue weighted by molar-refractivity contribution is 14.0. The van der Waals surface area contributed by atoms with Crippen LogP contribution < -0.4 is 10.6 Å². The van der Waals surface area contributed by atoms with E-state index in [4.69, 9.17) is 0 Å². The lowest BCUT2D eigenvalue weighted by Crippen LogP contribution is -2.39. The number of benzene rings is 1. The Labute approximate surface area is 186 Å². The van der Waals surface area contributed by atoms with Crippen LogP contribution in [0, 0.1) is 5.82 Å². The van der Waals surface area contributed by atoms with Crippen LogP contribution in [-0.4, -0.2) is 42.9 Å². The highest BCUT2D eigenvalue weighted by atomic mass is 127. The Hall–Kier alpha value is -0.900. The molecule has 0 bridgehead atoms. The van der Waals surface area contributed by atoms with E-state index in [-0.39, 0.29) is 42.2 Å². The topological polar surface area (TPSA) is 56.7 Å². The van der Waals surface area contributed by atoms with Gasteiger partial charge in [-0.05, 0) is 38.3 Å². The van der Waals surface area contributed by atoms with Gasteiger partial charge in [-0.25, -0.2) is 9.38 Å². The average molecular weight is 555 g/mol. The molecule has 0 spiro atoms. The standard InChI is InChI=1S/C19H28BrFN4O.HI/c1-2-22-19(24-14-15-8-9-16(20)13-17(15)21)23-10-6-12-25-11-5-3-4-7-18(25)26;/h8-9,13H,2-7,10-12,14H2,1H3,(H2,22,23,24);1H. The molecule has 0 aromatic heterocycles. The maximum Gasteiger partial charge on any atom is 0.222 e. The number of carbonyl (C=O) groups excluding carboxylic acids is 1.